The van der Waals surface area contributed by atoms with Crippen LogP contribution in [0.15, 0.2) is 48.8 Å². The van der Waals surface area contributed by atoms with Gasteiger partial charge in [-0.25, -0.2) is 4.79 Å². The molecule has 0 saturated carbocycles. The van der Waals surface area contributed by atoms with E-state index in [9.17, 15) is 4.79 Å². The van der Waals surface area contributed by atoms with Crippen molar-refractivity contribution in [3.63, 3.8) is 0 Å². The number of hydrogen-bond acceptors (Lipinski definition) is 2. The van der Waals surface area contributed by atoms with Gasteiger partial charge in [0.15, 0.2) is 0 Å². The number of aromatic nitrogens is 1. The van der Waals surface area contributed by atoms with E-state index in [1.165, 1.54) is 11.1 Å². The lowest BCUT2D eigenvalue weighted by molar-refractivity contribution is 0.0697. The van der Waals surface area contributed by atoms with Crippen LogP contribution in [0.25, 0.3) is 0 Å². The molecule has 0 aliphatic heterocycles. The van der Waals surface area contributed by atoms with Crippen molar-refractivity contribution in [3.8, 4) is 0 Å². The highest BCUT2D eigenvalue weighted by Crippen LogP contribution is 2.09. The minimum Gasteiger partial charge on any atom is -0.478 e. The molecule has 0 aliphatic carbocycles. The van der Waals surface area contributed by atoms with E-state index >= 15 is 0 Å². The zero-order valence-electron chi connectivity index (χ0n) is 10.0. The molecule has 2 rings (SSSR count). The maximum Gasteiger partial charge on any atom is 0.335 e. The van der Waals surface area contributed by atoms with Crippen molar-refractivity contribution in [2.45, 2.75) is 19.3 Å². The number of aromatic carboxylic acids is 1. The first kappa shape index (κ1) is 12.3. The molecule has 1 N–H and O–H groups in total. The normalized spacial score (nSPS) is 10.2. The monoisotopic (exact) mass is 241 g/mol. The molecule has 0 spiro atoms. The van der Waals surface area contributed by atoms with Gasteiger partial charge in [-0.2, -0.15) is 0 Å². The molecule has 0 atom stereocenters. The lowest BCUT2D eigenvalue weighted by Crippen LogP contribution is -1.96. The largest absolute Gasteiger partial charge is 0.478 e. The molecule has 0 saturated heterocycles. The highest BCUT2D eigenvalue weighted by atomic mass is 16.4. The Morgan fingerprint density at radius 1 is 1.06 bits per heavy atom. The van der Waals surface area contributed by atoms with Crippen LogP contribution in [0, 0.1) is 0 Å². The summed E-state index contributed by atoms with van der Waals surface area (Å²) in [5.74, 6) is -0.878. The van der Waals surface area contributed by atoms with Gasteiger partial charge in [0.25, 0.3) is 0 Å². The molecule has 2 aromatic rings. The molecule has 0 bridgehead atoms. The molecule has 3 nitrogen and oxygen atoms in total. The Labute approximate surface area is 106 Å². The third kappa shape index (κ3) is 3.42. The topological polar surface area (TPSA) is 50.2 Å². The van der Waals surface area contributed by atoms with Gasteiger partial charge in [-0.1, -0.05) is 18.2 Å². The Morgan fingerprint density at radius 3 is 2.39 bits per heavy atom. The zero-order chi connectivity index (χ0) is 12.8. The predicted octanol–water partition coefficient (Wildman–Crippen LogP) is 2.96. The Balaban J connectivity index is 1.85. The van der Waals surface area contributed by atoms with Crippen molar-refractivity contribution in [2.24, 2.45) is 0 Å². The Kier molecular flexibility index (Phi) is 4.07. The highest BCUT2D eigenvalue weighted by Gasteiger charge is 2.01. The second kappa shape index (κ2) is 5.96. The van der Waals surface area contributed by atoms with E-state index in [2.05, 4.69) is 11.1 Å². The van der Waals surface area contributed by atoms with Crippen molar-refractivity contribution in [1.29, 1.82) is 0 Å². The van der Waals surface area contributed by atoms with Crippen LogP contribution >= 0.6 is 0 Å². The number of nitrogens with zero attached hydrogens (tertiary/aromatic N) is 1. The van der Waals surface area contributed by atoms with Gasteiger partial charge in [0.05, 0.1) is 5.56 Å². The summed E-state index contributed by atoms with van der Waals surface area (Å²) in [6, 6.07) is 11.1. The number of benzene rings is 1. The smallest absolute Gasteiger partial charge is 0.335 e. The molecular formula is C15H15NO2. The van der Waals surface area contributed by atoms with Gasteiger partial charge in [0.1, 0.15) is 0 Å². The Morgan fingerprint density at radius 2 is 1.78 bits per heavy atom. The average molecular weight is 241 g/mol. The van der Waals surface area contributed by atoms with Crippen LogP contribution in [0.4, 0.5) is 0 Å². The minimum absolute atomic E-state index is 0.339. The number of pyridine rings is 1. The maximum absolute atomic E-state index is 10.7. The summed E-state index contributed by atoms with van der Waals surface area (Å²) in [6.07, 6.45) is 6.64. The number of hydrogen-bond donors (Lipinski definition) is 1. The van der Waals surface area contributed by atoms with Crippen LogP contribution in [0.2, 0.25) is 0 Å². The van der Waals surface area contributed by atoms with E-state index < -0.39 is 5.97 Å². The second-order valence-corrected chi connectivity index (χ2v) is 4.22. The Bertz CT molecular complexity index is 506. The van der Waals surface area contributed by atoms with E-state index in [0.717, 1.165) is 19.3 Å². The highest BCUT2D eigenvalue weighted by molar-refractivity contribution is 5.87. The predicted molar refractivity (Wildman–Crippen MR) is 69.7 cm³/mol. The summed E-state index contributed by atoms with van der Waals surface area (Å²) in [5.41, 5.74) is 2.74. The SMILES string of the molecule is O=C(O)c1ccc(CCCc2cccnc2)cc1. The fourth-order valence-corrected chi connectivity index (χ4v) is 1.86. The maximum atomic E-state index is 10.7. The van der Waals surface area contributed by atoms with Gasteiger partial charge in [-0.3, -0.25) is 4.98 Å². The molecule has 3 heteroatoms. The average Bonchev–Trinajstić information content (AvgIpc) is 2.40. The third-order valence-electron chi connectivity index (χ3n) is 2.85. The lowest BCUT2D eigenvalue weighted by Gasteiger charge is -2.02. The number of carbonyl (C=O) groups is 1. The van der Waals surface area contributed by atoms with Crippen molar-refractivity contribution in [3.05, 3.63) is 65.5 Å². The standard InChI is InChI=1S/C15H15NO2/c17-15(18)14-8-6-12(7-9-14)3-1-4-13-5-2-10-16-11-13/h2,5-11H,1,3-4H2,(H,17,18). The molecule has 0 aliphatic rings. The summed E-state index contributed by atoms with van der Waals surface area (Å²) in [6.45, 7) is 0. The fourth-order valence-electron chi connectivity index (χ4n) is 1.86. The molecule has 0 unspecified atom stereocenters. The molecule has 1 aromatic carbocycles. The Hall–Kier alpha value is -2.16. The first-order valence-corrected chi connectivity index (χ1v) is 5.97. The minimum atomic E-state index is -0.878. The summed E-state index contributed by atoms with van der Waals surface area (Å²) >= 11 is 0. The van der Waals surface area contributed by atoms with E-state index in [-0.39, 0.29) is 0 Å². The van der Waals surface area contributed by atoms with Crippen molar-refractivity contribution in [2.75, 3.05) is 0 Å². The molecule has 0 amide bonds. The molecular weight excluding hydrogens is 226 g/mol. The summed E-state index contributed by atoms with van der Waals surface area (Å²) in [5, 5.41) is 8.79. The van der Waals surface area contributed by atoms with Gasteiger partial charge < -0.3 is 5.11 Å². The van der Waals surface area contributed by atoms with Crippen LogP contribution < -0.4 is 0 Å². The van der Waals surface area contributed by atoms with E-state index in [4.69, 9.17) is 5.11 Å². The van der Waals surface area contributed by atoms with Gasteiger partial charge in [0.2, 0.25) is 0 Å². The lowest BCUT2D eigenvalue weighted by atomic mass is 10.0. The van der Waals surface area contributed by atoms with Crippen LogP contribution in [0.3, 0.4) is 0 Å². The van der Waals surface area contributed by atoms with E-state index in [0.29, 0.717) is 5.56 Å². The van der Waals surface area contributed by atoms with Crippen molar-refractivity contribution in [1.82, 2.24) is 4.98 Å². The molecule has 0 radical (unpaired) electrons. The second-order valence-electron chi connectivity index (χ2n) is 4.22. The molecule has 1 aromatic heterocycles. The van der Waals surface area contributed by atoms with Crippen LogP contribution in [0.1, 0.15) is 27.9 Å². The summed E-state index contributed by atoms with van der Waals surface area (Å²) in [4.78, 5) is 14.8. The molecule has 18 heavy (non-hydrogen) atoms. The van der Waals surface area contributed by atoms with Gasteiger partial charge in [-0.05, 0) is 48.6 Å². The summed E-state index contributed by atoms with van der Waals surface area (Å²) in [7, 11) is 0. The summed E-state index contributed by atoms with van der Waals surface area (Å²) < 4.78 is 0. The first-order valence-electron chi connectivity index (χ1n) is 5.97. The van der Waals surface area contributed by atoms with Gasteiger partial charge >= 0.3 is 5.97 Å². The van der Waals surface area contributed by atoms with Crippen LogP contribution in [0.5, 0.6) is 0 Å². The quantitative estimate of drug-likeness (QED) is 0.875. The fraction of sp³-hybridized carbons (Fsp3) is 0.200. The van der Waals surface area contributed by atoms with Crippen molar-refractivity contribution >= 4 is 5.97 Å². The third-order valence-corrected chi connectivity index (χ3v) is 2.85. The zero-order valence-corrected chi connectivity index (χ0v) is 10.0. The number of carboxylic acid groups (broad SMARTS) is 1. The first-order chi connectivity index (χ1) is 8.75. The van der Waals surface area contributed by atoms with Gasteiger partial charge in [0, 0.05) is 12.4 Å². The van der Waals surface area contributed by atoms with Crippen molar-refractivity contribution < 1.29 is 9.90 Å². The van der Waals surface area contributed by atoms with Crippen LogP contribution in [-0.2, 0) is 12.8 Å². The molecule has 0 fully saturated rings. The molecule has 1 heterocycles. The van der Waals surface area contributed by atoms with E-state index in [1.54, 1.807) is 18.3 Å². The van der Waals surface area contributed by atoms with Gasteiger partial charge in [-0.15, -0.1) is 0 Å². The van der Waals surface area contributed by atoms with Crippen LogP contribution in [-0.4, -0.2) is 16.1 Å². The number of rotatable bonds is 5. The number of aryl methyl sites for hydroxylation is 2. The number of carboxylic acids is 1. The van der Waals surface area contributed by atoms with E-state index in [1.807, 2.05) is 24.4 Å². The molecule has 92 valence electrons.